The smallest absolute Gasteiger partial charge is 0.277 e. The molecule has 0 unspecified atom stereocenters. The standard InChI is InChI=1S/C18H16ClN5O3S/c1-24(10-15(25)21-14-5-3-2-4-13(14)19)16(26)11-28-18-23-22-17(27-18)12-6-8-20-9-7-12/h2-9H,10-11H2,1H3,(H,21,25). The normalized spacial score (nSPS) is 10.5. The molecule has 2 amide bonds. The summed E-state index contributed by atoms with van der Waals surface area (Å²) in [6, 6.07) is 10.4. The van der Waals surface area contributed by atoms with Crippen LogP contribution in [0.4, 0.5) is 5.69 Å². The van der Waals surface area contributed by atoms with Gasteiger partial charge in [0.15, 0.2) is 0 Å². The van der Waals surface area contributed by atoms with Gasteiger partial charge in [-0.15, -0.1) is 10.2 Å². The minimum Gasteiger partial charge on any atom is -0.411 e. The van der Waals surface area contributed by atoms with Crippen LogP contribution < -0.4 is 5.32 Å². The van der Waals surface area contributed by atoms with E-state index in [1.54, 1.807) is 55.8 Å². The lowest BCUT2D eigenvalue weighted by molar-refractivity contribution is -0.131. The molecule has 0 fully saturated rings. The van der Waals surface area contributed by atoms with Gasteiger partial charge in [-0.2, -0.15) is 0 Å². The summed E-state index contributed by atoms with van der Waals surface area (Å²) in [5.41, 5.74) is 1.24. The summed E-state index contributed by atoms with van der Waals surface area (Å²) in [6.45, 7) is -0.100. The highest BCUT2D eigenvalue weighted by Crippen LogP contribution is 2.23. The molecular formula is C18H16ClN5O3S. The minimum absolute atomic E-state index is 0.0633. The number of pyridine rings is 1. The Balaban J connectivity index is 1.49. The first-order valence-electron chi connectivity index (χ1n) is 8.18. The van der Waals surface area contributed by atoms with Gasteiger partial charge < -0.3 is 14.6 Å². The molecule has 3 aromatic rings. The van der Waals surface area contributed by atoms with Crippen molar-refractivity contribution in [2.24, 2.45) is 0 Å². The number of amides is 2. The number of halogens is 1. The van der Waals surface area contributed by atoms with E-state index < -0.39 is 0 Å². The molecule has 3 rings (SSSR count). The Hall–Kier alpha value is -2.91. The number of anilines is 1. The molecule has 10 heteroatoms. The van der Waals surface area contributed by atoms with Crippen LogP contribution in [0.3, 0.4) is 0 Å². The SMILES string of the molecule is CN(CC(=O)Nc1ccccc1Cl)C(=O)CSc1nnc(-c2ccncc2)o1. The number of benzene rings is 1. The Bertz CT molecular complexity index is 967. The number of hydrogen-bond acceptors (Lipinski definition) is 7. The molecule has 0 spiro atoms. The molecule has 0 aliphatic rings. The number of para-hydroxylation sites is 1. The van der Waals surface area contributed by atoms with Crippen LogP contribution in [-0.2, 0) is 9.59 Å². The van der Waals surface area contributed by atoms with E-state index in [-0.39, 0.29) is 29.3 Å². The van der Waals surface area contributed by atoms with Crippen LogP contribution in [0.15, 0.2) is 58.4 Å². The number of carbonyl (C=O) groups is 2. The molecule has 28 heavy (non-hydrogen) atoms. The summed E-state index contributed by atoms with van der Waals surface area (Å²) in [6.07, 6.45) is 3.25. The summed E-state index contributed by atoms with van der Waals surface area (Å²) in [7, 11) is 1.55. The number of nitrogens with zero attached hydrogens (tertiary/aromatic N) is 4. The lowest BCUT2D eigenvalue weighted by Gasteiger charge is -2.16. The van der Waals surface area contributed by atoms with E-state index in [0.29, 0.717) is 16.6 Å². The Kier molecular flexibility index (Phi) is 6.62. The van der Waals surface area contributed by atoms with Crippen LogP contribution in [0, 0.1) is 0 Å². The second-order valence-electron chi connectivity index (χ2n) is 5.68. The highest BCUT2D eigenvalue weighted by atomic mass is 35.5. The van der Waals surface area contributed by atoms with Crippen LogP contribution in [-0.4, -0.2) is 51.2 Å². The maximum absolute atomic E-state index is 12.2. The van der Waals surface area contributed by atoms with Crippen molar-refractivity contribution in [1.29, 1.82) is 0 Å². The van der Waals surface area contributed by atoms with E-state index in [1.807, 2.05) is 0 Å². The molecule has 0 bridgehead atoms. The van der Waals surface area contributed by atoms with Gasteiger partial charge in [0.05, 0.1) is 23.0 Å². The molecule has 1 aromatic carbocycles. The van der Waals surface area contributed by atoms with E-state index in [9.17, 15) is 9.59 Å². The lowest BCUT2D eigenvalue weighted by atomic mass is 10.3. The predicted molar refractivity (Wildman–Crippen MR) is 106 cm³/mol. The van der Waals surface area contributed by atoms with Crippen molar-refractivity contribution < 1.29 is 14.0 Å². The van der Waals surface area contributed by atoms with Gasteiger partial charge in [0, 0.05) is 25.0 Å². The van der Waals surface area contributed by atoms with Gasteiger partial charge in [-0.1, -0.05) is 35.5 Å². The zero-order valence-electron chi connectivity index (χ0n) is 14.8. The van der Waals surface area contributed by atoms with Crippen molar-refractivity contribution in [3.05, 3.63) is 53.8 Å². The summed E-state index contributed by atoms with van der Waals surface area (Å²) in [5.74, 6) is -0.173. The van der Waals surface area contributed by atoms with E-state index in [2.05, 4.69) is 20.5 Å². The van der Waals surface area contributed by atoms with Crippen molar-refractivity contribution in [2.75, 3.05) is 24.7 Å². The minimum atomic E-state index is -0.341. The van der Waals surface area contributed by atoms with Crippen molar-refractivity contribution in [1.82, 2.24) is 20.1 Å². The first-order valence-corrected chi connectivity index (χ1v) is 9.54. The Morgan fingerprint density at radius 1 is 1.18 bits per heavy atom. The van der Waals surface area contributed by atoms with Crippen molar-refractivity contribution in [2.45, 2.75) is 5.22 Å². The molecule has 0 radical (unpaired) electrons. The van der Waals surface area contributed by atoms with Gasteiger partial charge in [0.2, 0.25) is 17.7 Å². The second-order valence-corrected chi connectivity index (χ2v) is 7.01. The number of thioether (sulfide) groups is 1. The molecule has 0 aliphatic carbocycles. The Morgan fingerprint density at radius 2 is 1.93 bits per heavy atom. The van der Waals surface area contributed by atoms with Gasteiger partial charge in [0.1, 0.15) is 0 Å². The average Bonchev–Trinajstić information content (AvgIpc) is 3.17. The number of nitrogens with one attached hydrogen (secondary N) is 1. The fraction of sp³-hybridized carbons (Fsp3) is 0.167. The van der Waals surface area contributed by atoms with E-state index in [0.717, 1.165) is 17.3 Å². The second kappa shape index (κ2) is 9.34. The van der Waals surface area contributed by atoms with E-state index in [4.69, 9.17) is 16.0 Å². The van der Waals surface area contributed by atoms with Crippen LogP contribution in [0.5, 0.6) is 0 Å². The largest absolute Gasteiger partial charge is 0.411 e. The van der Waals surface area contributed by atoms with E-state index in [1.165, 1.54) is 4.90 Å². The number of rotatable bonds is 7. The van der Waals surface area contributed by atoms with Crippen molar-refractivity contribution >= 4 is 40.9 Å². The maximum atomic E-state index is 12.2. The van der Waals surface area contributed by atoms with Gasteiger partial charge in [-0.3, -0.25) is 14.6 Å². The van der Waals surface area contributed by atoms with Crippen LogP contribution in [0.2, 0.25) is 5.02 Å². The zero-order chi connectivity index (χ0) is 19.9. The van der Waals surface area contributed by atoms with Crippen LogP contribution >= 0.6 is 23.4 Å². The van der Waals surface area contributed by atoms with Crippen molar-refractivity contribution in [3.8, 4) is 11.5 Å². The first kappa shape index (κ1) is 19.8. The topological polar surface area (TPSA) is 101 Å². The number of likely N-dealkylation sites (N-methyl/N-ethyl adjacent to an activating group) is 1. The maximum Gasteiger partial charge on any atom is 0.277 e. The van der Waals surface area contributed by atoms with Crippen molar-refractivity contribution in [3.63, 3.8) is 0 Å². The molecule has 0 aliphatic heterocycles. The van der Waals surface area contributed by atoms with E-state index >= 15 is 0 Å². The zero-order valence-corrected chi connectivity index (χ0v) is 16.4. The predicted octanol–water partition coefficient (Wildman–Crippen LogP) is 2.97. The first-order chi connectivity index (χ1) is 13.5. The summed E-state index contributed by atoms with van der Waals surface area (Å²) >= 11 is 7.11. The van der Waals surface area contributed by atoms with Gasteiger partial charge >= 0.3 is 0 Å². The fourth-order valence-corrected chi connectivity index (χ4v) is 3.06. The number of hydrogen-bond donors (Lipinski definition) is 1. The lowest BCUT2D eigenvalue weighted by Crippen LogP contribution is -2.36. The Labute approximate surface area is 170 Å². The third-order valence-electron chi connectivity index (χ3n) is 3.61. The molecule has 2 aromatic heterocycles. The molecule has 2 heterocycles. The third-order valence-corrected chi connectivity index (χ3v) is 4.74. The Morgan fingerprint density at radius 3 is 2.68 bits per heavy atom. The third kappa shape index (κ3) is 5.30. The number of carbonyl (C=O) groups excluding carboxylic acids is 2. The average molecular weight is 418 g/mol. The molecule has 0 atom stereocenters. The molecule has 144 valence electrons. The molecule has 0 saturated heterocycles. The molecule has 8 nitrogen and oxygen atoms in total. The summed E-state index contributed by atoms with van der Waals surface area (Å²) in [4.78, 5) is 29.6. The summed E-state index contributed by atoms with van der Waals surface area (Å²) < 4.78 is 5.52. The summed E-state index contributed by atoms with van der Waals surface area (Å²) in [5, 5.41) is 11.2. The van der Waals surface area contributed by atoms with Crippen LogP contribution in [0.1, 0.15) is 0 Å². The highest BCUT2D eigenvalue weighted by molar-refractivity contribution is 7.99. The quantitative estimate of drug-likeness (QED) is 0.589. The molecule has 0 saturated carbocycles. The van der Waals surface area contributed by atoms with Gasteiger partial charge in [-0.05, 0) is 24.3 Å². The highest BCUT2D eigenvalue weighted by Gasteiger charge is 2.16. The van der Waals surface area contributed by atoms with Gasteiger partial charge in [0.25, 0.3) is 5.22 Å². The molecule has 1 N–H and O–H groups in total. The monoisotopic (exact) mass is 417 g/mol. The fourth-order valence-electron chi connectivity index (χ4n) is 2.17. The number of aromatic nitrogens is 3. The molecular weight excluding hydrogens is 402 g/mol. The van der Waals surface area contributed by atoms with Gasteiger partial charge in [-0.25, -0.2) is 0 Å². The van der Waals surface area contributed by atoms with Crippen LogP contribution in [0.25, 0.3) is 11.5 Å².